The zero-order valence-electron chi connectivity index (χ0n) is 28.3. The Kier molecular flexibility index (Phi) is 3.31. The van der Waals surface area contributed by atoms with Crippen molar-refractivity contribution in [2.45, 2.75) is 0 Å². The van der Waals surface area contributed by atoms with Gasteiger partial charge in [0.15, 0.2) is 11.6 Å². The average Bonchev–Trinajstić information content (AvgIpc) is 3.43. The molecule has 5 aromatic carbocycles. The van der Waals surface area contributed by atoms with Crippen LogP contribution in [-0.4, -0.2) is 19.5 Å². The van der Waals surface area contributed by atoms with Crippen LogP contribution in [0.1, 0.15) is 12.3 Å². The van der Waals surface area contributed by atoms with Crippen molar-refractivity contribution >= 4 is 21.8 Å². The van der Waals surface area contributed by atoms with Gasteiger partial charge in [-0.15, -0.1) is 0 Å². The summed E-state index contributed by atoms with van der Waals surface area (Å²) in [5.41, 5.74) is 2.27. The molecule has 0 saturated heterocycles. The summed E-state index contributed by atoms with van der Waals surface area (Å²) in [6.45, 7) is 0. The van der Waals surface area contributed by atoms with Crippen LogP contribution in [-0.2, 0) is 0 Å². The van der Waals surface area contributed by atoms with Gasteiger partial charge >= 0.3 is 0 Å². The third kappa shape index (κ3) is 3.76. The topological polar surface area (TPSA) is 43.6 Å². The molecule has 7 aromatic rings. The van der Waals surface area contributed by atoms with Crippen LogP contribution < -0.4 is 0 Å². The van der Waals surface area contributed by atoms with Gasteiger partial charge in [0.2, 0.25) is 5.95 Å². The van der Waals surface area contributed by atoms with Gasteiger partial charge < -0.3 is 0 Å². The minimum atomic E-state index is -0.510. The summed E-state index contributed by atoms with van der Waals surface area (Å²) < 4.78 is 77.6. The van der Waals surface area contributed by atoms with Gasteiger partial charge in [-0.1, -0.05) is 115 Å². The molecule has 7 rings (SSSR count). The first-order valence-corrected chi connectivity index (χ1v) is 11.6. The van der Waals surface area contributed by atoms with E-state index in [9.17, 15) is 0 Å². The summed E-state index contributed by atoms with van der Waals surface area (Å²) in [5.74, 6) is 0.834. The van der Waals surface area contributed by atoms with Crippen LogP contribution in [0.5, 0.6) is 0 Å². The fourth-order valence-corrected chi connectivity index (χ4v) is 4.38. The van der Waals surface area contributed by atoms with Crippen molar-refractivity contribution in [2.75, 3.05) is 0 Å². The number of para-hydroxylation sites is 1. The molecular weight excluding hydrogens is 452 g/mol. The van der Waals surface area contributed by atoms with Crippen molar-refractivity contribution < 1.29 is 12.3 Å². The Morgan fingerprint density at radius 2 is 1.11 bits per heavy atom. The molecule has 0 aliphatic rings. The second kappa shape index (κ2) is 8.85. The van der Waals surface area contributed by atoms with E-state index < -0.39 is 30.2 Å². The van der Waals surface area contributed by atoms with Gasteiger partial charge in [-0.05, 0) is 29.3 Å². The molecule has 0 bridgehead atoms. The van der Waals surface area contributed by atoms with Crippen LogP contribution >= 0.6 is 0 Å². The number of hydrogen-bond donors (Lipinski definition) is 0. The lowest BCUT2D eigenvalue weighted by molar-refractivity contribution is 0.953. The second-order valence-electron chi connectivity index (χ2n) is 8.31. The molecule has 0 aliphatic carbocycles. The molecule has 0 N–H and O–H groups in total. The molecule has 0 amide bonds. The molecule has 0 saturated carbocycles. The van der Waals surface area contributed by atoms with Crippen molar-refractivity contribution in [2.24, 2.45) is 0 Å². The van der Waals surface area contributed by atoms with Crippen molar-refractivity contribution in [3.63, 3.8) is 0 Å². The van der Waals surface area contributed by atoms with Crippen molar-refractivity contribution in [3.8, 4) is 39.9 Å². The molecule has 0 atom stereocenters. The lowest BCUT2D eigenvalue weighted by Crippen LogP contribution is -2.06. The summed E-state index contributed by atoms with van der Waals surface area (Å²) in [5, 5.41) is 0.549. The zero-order chi connectivity index (χ0) is 32.4. The van der Waals surface area contributed by atoms with Crippen molar-refractivity contribution in [1.82, 2.24) is 19.5 Å². The summed E-state index contributed by atoms with van der Waals surface area (Å²) >= 11 is 0. The number of fused-ring (bicyclic) bond motifs is 3. The number of rotatable bonds is 4. The van der Waals surface area contributed by atoms with E-state index in [4.69, 9.17) is 27.3 Å². The lowest BCUT2D eigenvalue weighted by Gasteiger charge is -2.11. The van der Waals surface area contributed by atoms with E-state index in [0.717, 1.165) is 11.1 Å². The van der Waals surface area contributed by atoms with Crippen molar-refractivity contribution in [1.29, 1.82) is 0 Å². The van der Waals surface area contributed by atoms with E-state index in [1.165, 1.54) is 0 Å². The first-order chi connectivity index (χ1) is 22.1. The highest BCUT2D eigenvalue weighted by atomic mass is 15.2. The van der Waals surface area contributed by atoms with Crippen LogP contribution in [0.2, 0.25) is 0 Å². The summed E-state index contributed by atoms with van der Waals surface area (Å²) in [4.78, 5) is 14.3. The normalized spacial score (nSPS) is 14.6. The SMILES string of the molecule is [2H]c1c([2H])c([2H])c(-c2ccc3c(c2)c2c([2H])c([2H])c([2H])c([2H])c2n3-c2nc(-c3ccccc3)nc(-c3ccccc3)n2)c([2H])c1[2H]. The maximum Gasteiger partial charge on any atom is 0.238 e. The number of aromatic nitrogens is 4. The molecule has 4 nitrogen and oxygen atoms in total. The van der Waals surface area contributed by atoms with Gasteiger partial charge in [0.05, 0.1) is 23.4 Å². The minimum Gasteiger partial charge on any atom is -0.278 e. The van der Waals surface area contributed by atoms with E-state index in [-0.39, 0.29) is 46.6 Å². The van der Waals surface area contributed by atoms with Gasteiger partial charge in [0.25, 0.3) is 0 Å². The first kappa shape index (κ1) is 13.9. The Hall–Kier alpha value is -5.09. The average molecular weight is 484 g/mol. The first-order valence-electron chi connectivity index (χ1n) is 16.1. The minimum absolute atomic E-state index is 0.0208. The Balaban J connectivity index is 1.61. The van der Waals surface area contributed by atoms with Gasteiger partial charge in [0.1, 0.15) is 0 Å². The molecule has 2 heterocycles. The number of benzene rings is 5. The quantitative estimate of drug-likeness (QED) is 0.255. The molecular formula is C33H22N4. The van der Waals surface area contributed by atoms with Gasteiger partial charge in [-0.2, -0.15) is 9.97 Å². The third-order valence-electron chi connectivity index (χ3n) is 6.07. The fraction of sp³-hybridized carbons (Fsp3) is 0. The Labute approximate surface area is 227 Å². The van der Waals surface area contributed by atoms with Gasteiger partial charge in [0, 0.05) is 21.9 Å². The Morgan fingerprint density at radius 1 is 0.486 bits per heavy atom. The monoisotopic (exact) mass is 483 g/mol. The molecule has 0 unspecified atom stereocenters. The van der Waals surface area contributed by atoms with Crippen LogP contribution in [0.25, 0.3) is 61.7 Å². The van der Waals surface area contributed by atoms with E-state index in [0.29, 0.717) is 28.1 Å². The highest BCUT2D eigenvalue weighted by Gasteiger charge is 2.18. The maximum absolute atomic E-state index is 8.94. The van der Waals surface area contributed by atoms with Crippen LogP contribution in [0, 0.1) is 0 Å². The van der Waals surface area contributed by atoms with E-state index in [2.05, 4.69) is 0 Å². The van der Waals surface area contributed by atoms with Gasteiger partial charge in [-0.25, -0.2) is 4.98 Å². The van der Waals surface area contributed by atoms with Crippen LogP contribution in [0.3, 0.4) is 0 Å². The molecule has 0 spiro atoms. The maximum atomic E-state index is 8.94. The summed E-state index contributed by atoms with van der Waals surface area (Å²) in [7, 11) is 0. The van der Waals surface area contributed by atoms with E-state index >= 15 is 0 Å². The van der Waals surface area contributed by atoms with E-state index in [1.54, 1.807) is 22.8 Å². The number of nitrogens with zero attached hydrogens (tertiary/aromatic N) is 4. The Bertz CT molecular complexity index is 2270. The summed E-state index contributed by atoms with van der Waals surface area (Å²) in [6, 6.07) is 19.7. The van der Waals surface area contributed by atoms with Gasteiger partial charge in [-0.3, -0.25) is 4.57 Å². The standard InChI is InChI=1S/C33H22N4/c1-4-12-23(13-5-1)26-20-21-30-28(22-26)27-18-10-11-19-29(27)37(30)33-35-31(24-14-6-2-7-15-24)34-32(36-33)25-16-8-3-9-17-25/h1-22H/i1D,4D,5D,10D,11D,12D,13D,18D,19D. The molecule has 4 heteroatoms. The highest BCUT2D eigenvalue weighted by Crippen LogP contribution is 2.34. The fourth-order valence-electron chi connectivity index (χ4n) is 4.38. The highest BCUT2D eigenvalue weighted by molar-refractivity contribution is 6.10. The molecule has 174 valence electrons. The molecule has 0 fully saturated rings. The zero-order valence-corrected chi connectivity index (χ0v) is 19.3. The summed E-state index contributed by atoms with van der Waals surface area (Å²) in [6.07, 6.45) is 0. The lowest BCUT2D eigenvalue weighted by atomic mass is 10.0. The van der Waals surface area contributed by atoms with E-state index in [1.807, 2.05) is 60.7 Å². The largest absolute Gasteiger partial charge is 0.278 e. The smallest absolute Gasteiger partial charge is 0.238 e. The molecule has 0 radical (unpaired) electrons. The molecule has 2 aromatic heterocycles. The second-order valence-corrected chi connectivity index (χ2v) is 8.31. The van der Waals surface area contributed by atoms with Crippen LogP contribution in [0.4, 0.5) is 0 Å². The number of hydrogen-bond acceptors (Lipinski definition) is 3. The molecule has 0 aliphatic heterocycles. The predicted octanol–water partition coefficient (Wildman–Crippen LogP) is 7.97. The molecule has 37 heavy (non-hydrogen) atoms. The van der Waals surface area contributed by atoms with Crippen LogP contribution in [0.15, 0.2) is 133 Å². The predicted molar refractivity (Wildman–Crippen MR) is 150 cm³/mol. The van der Waals surface area contributed by atoms with Crippen molar-refractivity contribution in [3.05, 3.63) is 133 Å². The third-order valence-corrected chi connectivity index (χ3v) is 6.07. The Morgan fingerprint density at radius 3 is 1.78 bits per heavy atom.